The van der Waals surface area contributed by atoms with Gasteiger partial charge in [-0.3, -0.25) is 9.35 Å². The maximum atomic E-state index is 12.0. The molecule has 0 aliphatic heterocycles. The maximum absolute atomic E-state index is 12.0. The number of aliphatic hydroxyl groups is 1. The molecule has 0 saturated heterocycles. The Bertz CT molecular complexity index is 535. The predicted octanol–water partition coefficient (Wildman–Crippen LogP) is 3.55. The average Bonchev–Trinajstić information content (AvgIpc) is 2.56. The van der Waals surface area contributed by atoms with Crippen molar-refractivity contribution in [2.45, 2.75) is 96.7 Å². The summed E-state index contributed by atoms with van der Waals surface area (Å²) in [5.41, 5.74) is 0. The summed E-state index contributed by atoms with van der Waals surface area (Å²) in [6, 6.07) is 0. The number of carbonyl (C=O) groups is 1. The van der Waals surface area contributed by atoms with Crippen molar-refractivity contribution in [1.29, 1.82) is 0 Å². The first kappa shape index (κ1) is 28.3. The number of hydrogen-bond acceptors (Lipinski definition) is 5. The van der Waals surface area contributed by atoms with E-state index < -0.39 is 22.0 Å². The third kappa shape index (κ3) is 19.0. The molecule has 7 nitrogen and oxygen atoms in total. The van der Waals surface area contributed by atoms with E-state index in [1.165, 1.54) is 44.9 Å². The molecule has 0 aromatic carbocycles. The standard InChI is InChI=1S/C21H43NO6S/c1-5-6-7-8-9-10-11-12-13-14-21(24)28-19(2)15-16-22(3,4)17-20(23)18-29(25,26)27/h19-20,23H,5-18H2,1-4H3/p+1. The van der Waals surface area contributed by atoms with Crippen LogP contribution < -0.4 is 0 Å². The normalized spacial score (nSPS) is 14.6. The summed E-state index contributed by atoms with van der Waals surface area (Å²) >= 11 is 0. The number of likely N-dealkylation sites (N-methyl/N-ethyl adjacent to an activating group) is 1. The van der Waals surface area contributed by atoms with Crippen LogP contribution in [0.4, 0.5) is 0 Å². The van der Waals surface area contributed by atoms with E-state index in [-0.39, 0.29) is 18.6 Å². The van der Waals surface area contributed by atoms with E-state index in [1.807, 2.05) is 21.0 Å². The zero-order valence-corrected chi connectivity index (χ0v) is 19.8. The van der Waals surface area contributed by atoms with Crippen LogP contribution in [-0.2, 0) is 19.6 Å². The van der Waals surface area contributed by atoms with Crippen LogP contribution >= 0.6 is 0 Å². The van der Waals surface area contributed by atoms with Crippen molar-refractivity contribution in [3.8, 4) is 0 Å². The molecule has 0 heterocycles. The van der Waals surface area contributed by atoms with Gasteiger partial charge in [-0.1, -0.05) is 58.3 Å². The van der Waals surface area contributed by atoms with Crippen molar-refractivity contribution in [2.75, 3.05) is 32.9 Å². The Kier molecular flexibility index (Phi) is 14.8. The molecule has 174 valence electrons. The van der Waals surface area contributed by atoms with Crippen molar-refractivity contribution in [3.05, 3.63) is 0 Å². The Labute approximate surface area is 178 Å². The van der Waals surface area contributed by atoms with Crippen LogP contribution in [-0.4, -0.2) is 73.7 Å². The molecule has 0 radical (unpaired) electrons. The van der Waals surface area contributed by atoms with E-state index >= 15 is 0 Å². The highest BCUT2D eigenvalue weighted by Gasteiger charge is 2.25. The molecule has 0 saturated carbocycles. The van der Waals surface area contributed by atoms with Crippen LogP contribution in [0.2, 0.25) is 0 Å². The van der Waals surface area contributed by atoms with E-state index in [1.54, 1.807) is 0 Å². The second kappa shape index (κ2) is 15.2. The van der Waals surface area contributed by atoms with Crippen molar-refractivity contribution in [3.63, 3.8) is 0 Å². The van der Waals surface area contributed by atoms with Gasteiger partial charge < -0.3 is 14.3 Å². The lowest BCUT2D eigenvalue weighted by molar-refractivity contribution is -0.893. The Morgan fingerprint density at radius 3 is 2.03 bits per heavy atom. The number of carbonyl (C=O) groups excluding carboxylic acids is 1. The summed E-state index contributed by atoms with van der Waals surface area (Å²) in [7, 11) is -0.463. The maximum Gasteiger partial charge on any atom is 0.306 e. The highest BCUT2D eigenvalue weighted by Crippen LogP contribution is 2.12. The minimum Gasteiger partial charge on any atom is -0.462 e. The molecule has 0 fully saturated rings. The van der Waals surface area contributed by atoms with Crippen LogP contribution in [0.25, 0.3) is 0 Å². The molecule has 0 aliphatic rings. The van der Waals surface area contributed by atoms with Gasteiger partial charge in [0.05, 0.1) is 20.6 Å². The molecule has 2 unspecified atom stereocenters. The summed E-state index contributed by atoms with van der Waals surface area (Å²) in [6.45, 7) is 4.88. The smallest absolute Gasteiger partial charge is 0.306 e. The molecule has 29 heavy (non-hydrogen) atoms. The number of quaternary nitrogens is 1. The van der Waals surface area contributed by atoms with Gasteiger partial charge in [-0.2, -0.15) is 8.42 Å². The van der Waals surface area contributed by atoms with Crippen molar-refractivity contribution in [1.82, 2.24) is 0 Å². The van der Waals surface area contributed by atoms with Crippen molar-refractivity contribution < 1.29 is 32.1 Å². The largest absolute Gasteiger partial charge is 0.462 e. The molecule has 0 aromatic heterocycles. The van der Waals surface area contributed by atoms with Crippen LogP contribution in [0.15, 0.2) is 0 Å². The minimum absolute atomic E-state index is 0.169. The highest BCUT2D eigenvalue weighted by atomic mass is 32.2. The van der Waals surface area contributed by atoms with Gasteiger partial charge in [0.1, 0.15) is 24.5 Å². The van der Waals surface area contributed by atoms with E-state index in [9.17, 15) is 18.3 Å². The first-order valence-corrected chi connectivity index (χ1v) is 12.7. The molecule has 8 heteroatoms. The van der Waals surface area contributed by atoms with Crippen LogP contribution in [0, 0.1) is 0 Å². The second-order valence-corrected chi connectivity index (χ2v) is 10.4. The predicted molar refractivity (Wildman–Crippen MR) is 116 cm³/mol. The second-order valence-electron chi connectivity index (χ2n) is 8.91. The number of hydrogen-bond donors (Lipinski definition) is 2. The van der Waals surface area contributed by atoms with Gasteiger partial charge in [0.2, 0.25) is 0 Å². The lowest BCUT2D eigenvalue weighted by Crippen LogP contribution is -2.48. The third-order valence-corrected chi connectivity index (χ3v) is 5.87. The van der Waals surface area contributed by atoms with E-state index in [2.05, 4.69) is 6.92 Å². The molecular formula is C21H44NO6S+. The van der Waals surface area contributed by atoms with Gasteiger partial charge in [0.15, 0.2) is 0 Å². The minimum atomic E-state index is -4.19. The van der Waals surface area contributed by atoms with E-state index in [0.29, 0.717) is 23.9 Å². The first-order valence-electron chi connectivity index (χ1n) is 11.1. The lowest BCUT2D eigenvalue weighted by atomic mass is 10.1. The third-order valence-electron chi connectivity index (χ3n) is 5.07. The zero-order chi connectivity index (χ0) is 22.3. The van der Waals surface area contributed by atoms with Crippen LogP contribution in [0.3, 0.4) is 0 Å². The molecule has 0 aliphatic carbocycles. The summed E-state index contributed by atoms with van der Waals surface area (Å²) < 4.78 is 36.3. The molecule has 2 atom stereocenters. The van der Waals surface area contributed by atoms with Gasteiger partial charge in [-0.15, -0.1) is 0 Å². The van der Waals surface area contributed by atoms with Gasteiger partial charge in [-0.05, 0) is 13.3 Å². The summed E-state index contributed by atoms with van der Waals surface area (Å²) in [4.78, 5) is 12.0. The van der Waals surface area contributed by atoms with Crippen molar-refractivity contribution in [2.24, 2.45) is 0 Å². The first-order chi connectivity index (χ1) is 13.4. The Hall–Kier alpha value is -0.700. The zero-order valence-electron chi connectivity index (χ0n) is 18.9. The monoisotopic (exact) mass is 438 g/mol. The Balaban J connectivity index is 3.87. The average molecular weight is 439 g/mol. The fourth-order valence-electron chi connectivity index (χ4n) is 3.41. The topological polar surface area (TPSA) is 101 Å². The van der Waals surface area contributed by atoms with Crippen LogP contribution in [0.1, 0.15) is 84.5 Å². The molecular weight excluding hydrogens is 394 g/mol. The molecule has 0 spiro atoms. The summed E-state index contributed by atoms with van der Waals surface area (Å²) in [5, 5.41) is 9.80. The van der Waals surface area contributed by atoms with Crippen LogP contribution in [0.5, 0.6) is 0 Å². The number of ether oxygens (including phenoxy) is 1. The van der Waals surface area contributed by atoms with Gasteiger partial charge in [0, 0.05) is 12.8 Å². The molecule has 0 bridgehead atoms. The number of nitrogens with zero attached hydrogens (tertiary/aromatic N) is 1. The Morgan fingerprint density at radius 1 is 1.00 bits per heavy atom. The van der Waals surface area contributed by atoms with Crippen molar-refractivity contribution >= 4 is 16.1 Å². The van der Waals surface area contributed by atoms with E-state index in [0.717, 1.165) is 12.8 Å². The number of esters is 1. The number of rotatable bonds is 18. The Morgan fingerprint density at radius 2 is 1.52 bits per heavy atom. The number of aliphatic hydroxyl groups excluding tert-OH is 1. The quantitative estimate of drug-likeness (QED) is 0.147. The molecule has 2 N–H and O–H groups in total. The summed E-state index contributed by atoms with van der Waals surface area (Å²) in [6.07, 6.45) is 10.6. The van der Waals surface area contributed by atoms with Gasteiger partial charge >= 0.3 is 5.97 Å². The van der Waals surface area contributed by atoms with Gasteiger partial charge in [-0.25, -0.2) is 0 Å². The molecule has 0 amide bonds. The highest BCUT2D eigenvalue weighted by molar-refractivity contribution is 7.85. The van der Waals surface area contributed by atoms with Gasteiger partial charge in [0.25, 0.3) is 10.1 Å². The molecule has 0 rings (SSSR count). The SMILES string of the molecule is CCCCCCCCCCCC(=O)OC(C)CC[N+](C)(C)CC(O)CS(=O)(=O)O. The fourth-order valence-corrected chi connectivity index (χ4v) is 4.00. The summed E-state index contributed by atoms with van der Waals surface area (Å²) in [5.74, 6) is -0.838. The van der Waals surface area contributed by atoms with E-state index in [4.69, 9.17) is 9.29 Å². The lowest BCUT2D eigenvalue weighted by Gasteiger charge is -2.32. The fraction of sp³-hybridized carbons (Fsp3) is 0.952. The number of unbranched alkanes of at least 4 members (excludes halogenated alkanes) is 8. The molecule has 0 aromatic rings.